The van der Waals surface area contributed by atoms with Gasteiger partial charge in [0.25, 0.3) is 5.91 Å². The highest BCUT2D eigenvalue weighted by molar-refractivity contribution is 7.92. The van der Waals surface area contributed by atoms with Crippen molar-refractivity contribution in [3.63, 3.8) is 0 Å². The molecule has 1 unspecified atom stereocenters. The summed E-state index contributed by atoms with van der Waals surface area (Å²) in [5.41, 5.74) is 1.60. The van der Waals surface area contributed by atoms with Gasteiger partial charge in [-0.15, -0.1) is 0 Å². The normalized spacial score (nSPS) is 12.1. The van der Waals surface area contributed by atoms with Crippen molar-refractivity contribution in [3.8, 4) is 11.5 Å². The molecule has 0 saturated carbocycles. The van der Waals surface area contributed by atoms with Crippen molar-refractivity contribution in [3.05, 3.63) is 53.6 Å². The number of nitrogens with one attached hydrogen (secondary N) is 2. The monoisotopic (exact) mass is 434 g/mol. The van der Waals surface area contributed by atoms with Gasteiger partial charge in [0, 0.05) is 11.3 Å². The zero-order valence-electron chi connectivity index (χ0n) is 17.9. The molecule has 0 heterocycles. The quantitative estimate of drug-likeness (QED) is 0.555. The fourth-order valence-corrected chi connectivity index (χ4v) is 4.05. The van der Waals surface area contributed by atoms with Crippen LogP contribution in [0.2, 0.25) is 0 Å². The average Bonchev–Trinajstić information content (AvgIpc) is 2.69. The molecule has 1 amide bonds. The lowest BCUT2D eigenvalue weighted by molar-refractivity contribution is 0.0940. The van der Waals surface area contributed by atoms with Crippen LogP contribution >= 0.6 is 0 Å². The van der Waals surface area contributed by atoms with E-state index < -0.39 is 10.0 Å². The third-order valence-corrected chi connectivity index (χ3v) is 5.78. The number of benzene rings is 2. The summed E-state index contributed by atoms with van der Waals surface area (Å²) in [4.78, 5) is 12.7. The molecule has 30 heavy (non-hydrogen) atoms. The first-order valence-electron chi connectivity index (χ1n) is 10.1. The lowest BCUT2D eigenvalue weighted by atomic mass is 10.1. The Hall–Kier alpha value is -2.74. The molecular weight excluding hydrogens is 404 g/mol. The highest BCUT2D eigenvalue weighted by Crippen LogP contribution is 2.30. The second kappa shape index (κ2) is 10.9. The van der Waals surface area contributed by atoms with Gasteiger partial charge in [-0.3, -0.25) is 9.52 Å². The van der Waals surface area contributed by atoms with Crippen LogP contribution in [0.4, 0.5) is 5.69 Å². The summed E-state index contributed by atoms with van der Waals surface area (Å²) in [5.74, 6) is 1.02. The largest absolute Gasteiger partial charge is 0.490 e. The van der Waals surface area contributed by atoms with Gasteiger partial charge in [0.05, 0.1) is 25.0 Å². The maximum Gasteiger partial charge on any atom is 0.251 e. The van der Waals surface area contributed by atoms with Crippen LogP contribution in [0.1, 0.15) is 56.1 Å². The van der Waals surface area contributed by atoms with Crippen LogP contribution in [0, 0.1) is 0 Å². The highest BCUT2D eigenvalue weighted by Gasteiger charge is 2.16. The summed E-state index contributed by atoms with van der Waals surface area (Å²) in [6.07, 6.45) is 0.513. The standard InChI is InChI=1S/C22H30N2O5S/c1-5-13-30(26,27)24-19-10-8-9-18(14-19)22(25)23-16(4)17-11-12-20(28-6-2)21(15-17)29-7-3/h8-12,14-16,24H,5-7,13H2,1-4H3,(H,23,25). The molecule has 0 aliphatic carbocycles. The fraction of sp³-hybridized carbons (Fsp3) is 0.409. The van der Waals surface area contributed by atoms with Gasteiger partial charge in [0.1, 0.15) is 0 Å². The Balaban J connectivity index is 2.14. The van der Waals surface area contributed by atoms with Crippen LogP contribution in [-0.4, -0.2) is 33.3 Å². The molecule has 2 rings (SSSR count). The SMILES string of the molecule is CCCS(=O)(=O)Nc1cccc(C(=O)NC(C)c2ccc(OCC)c(OCC)c2)c1. The van der Waals surface area contributed by atoms with E-state index in [-0.39, 0.29) is 17.7 Å². The molecule has 2 aromatic rings. The molecule has 0 spiro atoms. The third kappa shape index (κ3) is 6.66. The second-order valence-electron chi connectivity index (χ2n) is 6.77. The summed E-state index contributed by atoms with van der Waals surface area (Å²) in [6.45, 7) is 8.51. The van der Waals surface area contributed by atoms with E-state index in [0.717, 1.165) is 5.56 Å². The Morgan fingerprint density at radius 2 is 1.70 bits per heavy atom. The third-order valence-electron chi connectivity index (χ3n) is 4.29. The predicted octanol–water partition coefficient (Wildman–Crippen LogP) is 4.13. The minimum absolute atomic E-state index is 0.0281. The first-order chi connectivity index (χ1) is 14.3. The summed E-state index contributed by atoms with van der Waals surface area (Å²) in [5, 5.41) is 2.94. The lowest BCUT2D eigenvalue weighted by Gasteiger charge is -2.18. The van der Waals surface area contributed by atoms with Crippen molar-refractivity contribution in [2.75, 3.05) is 23.7 Å². The molecule has 2 N–H and O–H groups in total. The smallest absolute Gasteiger partial charge is 0.251 e. The number of hydrogen-bond acceptors (Lipinski definition) is 5. The maximum atomic E-state index is 12.7. The predicted molar refractivity (Wildman–Crippen MR) is 119 cm³/mol. The van der Waals surface area contributed by atoms with E-state index in [2.05, 4.69) is 10.0 Å². The van der Waals surface area contributed by atoms with Crippen molar-refractivity contribution >= 4 is 21.6 Å². The molecule has 0 bridgehead atoms. The van der Waals surface area contributed by atoms with Crippen molar-refractivity contribution in [1.29, 1.82) is 0 Å². The molecular formula is C22H30N2O5S. The average molecular weight is 435 g/mol. The van der Waals surface area contributed by atoms with Crippen molar-refractivity contribution in [1.82, 2.24) is 5.32 Å². The molecule has 1 atom stereocenters. The molecule has 2 aromatic carbocycles. The highest BCUT2D eigenvalue weighted by atomic mass is 32.2. The summed E-state index contributed by atoms with van der Waals surface area (Å²) in [6, 6.07) is 11.7. The maximum absolute atomic E-state index is 12.7. The number of carbonyl (C=O) groups excluding carboxylic acids is 1. The van der Waals surface area contributed by atoms with Gasteiger partial charge < -0.3 is 14.8 Å². The van der Waals surface area contributed by atoms with Gasteiger partial charge in [-0.1, -0.05) is 19.1 Å². The van der Waals surface area contributed by atoms with E-state index in [1.807, 2.05) is 39.0 Å². The Labute approximate surface area is 178 Å². The van der Waals surface area contributed by atoms with Crippen molar-refractivity contribution in [2.24, 2.45) is 0 Å². The molecule has 0 fully saturated rings. The van der Waals surface area contributed by atoms with Crippen molar-refractivity contribution in [2.45, 2.75) is 40.2 Å². The molecule has 0 aliphatic rings. The molecule has 8 heteroatoms. The fourth-order valence-electron chi connectivity index (χ4n) is 2.92. The summed E-state index contributed by atoms with van der Waals surface area (Å²) >= 11 is 0. The Bertz CT molecular complexity index is 960. The number of amides is 1. The summed E-state index contributed by atoms with van der Waals surface area (Å²) < 4.78 is 37.7. The topological polar surface area (TPSA) is 93.7 Å². The number of carbonyl (C=O) groups is 1. The molecule has 0 aromatic heterocycles. The Morgan fingerprint density at radius 1 is 1.00 bits per heavy atom. The number of ether oxygens (including phenoxy) is 2. The van der Waals surface area contributed by atoms with E-state index in [1.54, 1.807) is 25.1 Å². The Morgan fingerprint density at radius 3 is 2.37 bits per heavy atom. The van der Waals surface area contributed by atoms with Gasteiger partial charge in [-0.25, -0.2) is 8.42 Å². The zero-order valence-corrected chi connectivity index (χ0v) is 18.7. The molecule has 0 saturated heterocycles. The van der Waals surface area contributed by atoms with Gasteiger partial charge in [-0.05, 0) is 63.1 Å². The van der Waals surface area contributed by atoms with E-state index in [4.69, 9.17) is 9.47 Å². The number of sulfonamides is 1. The van der Waals surface area contributed by atoms with Gasteiger partial charge >= 0.3 is 0 Å². The zero-order chi connectivity index (χ0) is 22.1. The van der Waals surface area contributed by atoms with Crippen LogP contribution in [0.3, 0.4) is 0 Å². The van der Waals surface area contributed by atoms with Gasteiger partial charge in [-0.2, -0.15) is 0 Å². The second-order valence-corrected chi connectivity index (χ2v) is 8.61. The van der Waals surface area contributed by atoms with E-state index >= 15 is 0 Å². The first-order valence-corrected chi connectivity index (χ1v) is 11.8. The van der Waals surface area contributed by atoms with Crippen LogP contribution in [0.25, 0.3) is 0 Å². The molecule has 7 nitrogen and oxygen atoms in total. The number of rotatable bonds is 11. The minimum Gasteiger partial charge on any atom is -0.490 e. The first kappa shape index (κ1) is 23.5. The molecule has 0 radical (unpaired) electrons. The van der Waals surface area contributed by atoms with Crippen LogP contribution in [0.5, 0.6) is 11.5 Å². The number of hydrogen-bond donors (Lipinski definition) is 2. The molecule has 0 aliphatic heterocycles. The van der Waals surface area contributed by atoms with E-state index in [1.165, 1.54) is 6.07 Å². The van der Waals surface area contributed by atoms with E-state index in [9.17, 15) is 13.2 Å². The number of anilines is 1. The lowest BCUT2D eigenvalue weighted by Crippen LogP contribution is -2.27. The molecule has 164 valence electrons. The minimum atomic E-state index is -3.42. The van der Waals surface area contributed by atoms with Crippen LogP contribution in [0.15, 0.2) is 42.5 Å². The summed E-state index contributed by atoms with van der Waals surface area (Å²) in [7, 11) is -3.42. The van der Waals surface area contributed by atoms with Gasteiger partial charge in [0.15, 0.2) is 11.5 Å². The van der Waals surface area contributed by atoms with E-state index in [0.29, 0.717) is 42.4 Å². The van der Waals surface area contributed by atoms with Gasteiger partial charge in [0.2, 0.25) is 10.0 Å². The Kier molecular flexibility index (Phi) is 8.53. The van der Waals surface area contributed by atoms with Crippen LogP contribution < -0.4 is 19.5 Å². The van der Waals surface area contributed by atoms with Crippen LogP contribution in [-0.2, 0) is 10.0 Å². The van der Waals surface area contributed by atoms with Crippen molar-refractivity contribution < 1.29 is 22.7 Å².